The second-order valence-electron chi connectivity index (χ2n) is 9.53. The summed E-state index contributed by atoms with van der Waals surface area (Å²) in [5.74, 6) is 1.44. The molecule has 0 amide bonds. The van der Waals surface area contributed by atoms with Crippen LogP contribution in [0.25, 0.3) is 0 Å². The van der Waals surface area contributed by atoms with Crippen LogP contribution in [0.4, 0.5) is 11.4 Å². The van der Waals surface area contributed by atoms with Gasteiger partial charge in [0.2, 0.25) is 0 Å². The number of hydrogen-bond acceptors (Lipinski definition) is 3. The average molecular weight is 440 g/mol. The van der Waals surface area contributed by atoms with Crippen LogP contribution in [-0.4, -0.2) is 13.7 Å². The van der Waals surface area contributed by atoms with Crippen molar-refractivity contribution in [3.05, 3.63) is 101 Å². The highest BCUT2D eigenvalue weighted by Crippen LogP contribution is 2.50. The molecule has 5 rings (SSSR count). The average Bonchev–Trinajstić information content (AvgIpc) is 2.85. The number of fused-ring (bicyclic) bond motifs is 3. The van der Waals surface area contributed by atoms with Crippen molar-refractivity contribution in [3.8, 4) is 5.75 Å². The van der Waals surface area contributed by atoms with E-state index in [0.29, 0.717) is 12.5 Å². The van der Waals surface area contributed by atoms with Crippen LogP contribution in [0.2, 0.25) is 0 Å². The van der Waals surface area contributed by atoms with Crippen molar-refractivity contribution in [1.29, 1.82) is 0 Å². The largest absolute Gasteiger partial charge is 0.497 e. The van der Waals surface area contributed by atoms with Crippen LogP contribution < -0.4 is 10.1 Å². The van der Waals surface area contributed by atoms with Crippen molar-refractivity contribution in [3.63, 3.8) is 0 Å². The van der Waals surface area contributed by atoms with Crippen LogP contribution in [0.1, 0.15) is 42.9 Å². The van der Waals surface area contributed by atoms with E-state index < -0.39 is 0 Å². The van der Waals surface area contributed by atoms with Crippen LogP contribution in [0.5, 0.6) is 5.75 Å². The number of nitrogens with one attached hydrogen (secondary N) is 1. The summed E-state index contributed by atoms with van der Waals surface area (Å²) >= 11 is 0. The Morgan fingerprint density at radius 2 is 1.76 bits per heavy atom. The first-order valence-electron chi connectivity index (χ1n) is 12.0. The molecule has 33 heavy (non-hydrogen) atoms. The lowest BCUT2D eigenvalue weighted by molar-refractivity contribution is 0.122. The van der Waals surface area contributed by atoms with Crippen molar-refractivity contribution in [2.45, 2.75) is 44.6 Å². The zero-order valence-corrected chi connectivity index (χ0v) is 19.6. The van der Waals surface area contributed by atoms with E-state index in [4.69, 9.17) is 9.47 Å². The van der Waals surface area contributed by atoms with E-state index in [9.17, 15) is 0 Å². The molecular weight excluding hydrogens is 406 g/mol. The van der Waals surface area contributed by atoms with E-state index in [1.807, 2.05) is 18.2 Å². The fraction of sp³-hybridized carbons (Fsp3) is 0.333. The van der Waals surface area contributed by atoms with Crippen LogP contribution >= 0.6 is 0 Å². The van der Waals surface area contributed by atoms with Crippen LogP contribution in [0, 0.1) is 5.92 Å². The summed E-state index contributed by atoms with van der Waals surface area (Å²) in [6.45, 7) is 3.82. The number of anilines is 2. The quantitative estimate of drug-likeness (QED) is 0.395. The smallest absolute Gasteiger partial charge is 0.118 e. The molecule has 3 heteroatoms. The van der Waals surface area contributed by atoms with Gasteiger partial charge in [-0.3, -0.25) is 0 Å². The second-order valence-corrected chi connectivity index (χ2v) is 9.53. The van der Waals surface area contributed by atoms with Crippen molar-refractivity contribution >= 4 is 11.4 Å². The van der Waals surface area contributed by atoms with Gasteiger partial charge in [0, 0.05) is 11.4 Å². The highest BCUT2D eigenvalue weighted by molar-refractivity contribution is 5.62. The minimum atomic E-state index is 0.187. The molecule has 3 aromatic rings. The Labute approximate surface area is 197 Å². The van der Waals surface area contributed by atoms with E-state index >= 15 is 0 Å². The zero-order chi connectivity index (χ0) is 22.7. The van der Waals surface area contributed by atoms with Gasteiger partial charge in [-0.25, -0.2) is 0 Å². The number of rotatable bonds is 7. The lowest BCUT2D eigenvalue weighted by Crippen LogP contribution is -2.40. The number of methoxy groups -OCH3 is 1. The second kappa shape index (κ2) is 9.44. The summed E-state index contributed by atoms with van der Waals surface area (Å²) in [4.78, 5) is 0. The van der Waals surface area contributed by atoms with Gasteiger partial charge in [-0.15, -0.1) is 0 Å². The third kappa shape index (κ3) is 4.56. The molecule has 0 radical (unpaired) electrons. The van der Waals surface area contributed by atoms with Gasteiger partial charge < -0.3 is 14.8 Å². The first-order chi connectivity index (χ1) is 16.2. The van der Waals surface area contributed by atoms with Crippen LogP contribution in [0.15, 0.2) is 84.4 Å². The molecule has 3 nitrogen and oxygen atoms in total. The van der Waals surface area contributed by atoms with Crippen LogP contribution in [0.3, 0.4) is 0 Å². The summed E-state index contributed by atoms with van der Waals surface area (Å²) in [5.41, 5.74) is 8.18. The number of allylic oxidation sites excluding steroid dienone is 1. The van der Waals surface area contributed by atoms with E-state index in [2.05, 4.69) is 72.9 Å². The molecule has 1 N–H and O–H groups in total. The van der Waals surface area contributed by atoms with Gasteiger partial charge in [-0.05, 0) is 95.7 Å². The van der Waals surface area contributed by atoms with E-state index in [0.717, 1.165) is 30.9 Å². The van der Waals surface area contributed by atoms with Gasteiger partial charge in [0.1, 0.15) is 5.75 Å². The summed E-state index contributed by atoms with van der Waals surface area (Å²) in [6.07, 6.45) is 7.08. The third-order valence-electron chi connectivity index (χ3n) is 7.47. The zero-order valence-electron chi connectivity index (χ0n) is 19.6. The van der Waals surface area contributed by atoms with Gasteiger partial charge in [0.25, 0.3) is 0 Å². The van der Waals surface area contributed by atoms with Gasteiger partial charge in [0.05, 0.1) is 20.3 Å². The summed E-state index contributed by atoms with van der Waals surface area (Å²) in [7, 11) is 1.70. The minimum Gasteiger partial charge on any atom is -0.497 e. The normalized spacial score (nSPS) is 21.5. The number of ether oxygens (including phenoxy) is 2. The molecule has 0 fully saturated rings. The predicted molar refractivity (Wildman–Crippen MR) is 135 cm³/mol. The molecule has 0 unspecified atom stereocenters. The number of para-hydroxylation sites is 1. The number of benzene rings is 3. The minimum absolute atomic E-state index is 0.187. The van der Waals surface area contributed by atoms with Crippen LogP contribution in [-0.2, 0) is 23.2 Å². The molecule has 2 aliphatic rings. The van der Waals surface area contributed by atoms with Crippen molar-refractivity contribution in [2.75, 3.05) is 19.0 Å². The topological polar surface area (TPSA) is 30.5 Å². The Hall–Kier alpha value is -3.04. The predicted octanol–water partition coefficient (Wildman–Crippen LogP) is 7.20. The van der Waals surface area contributed by atoms with E-state index in [1.165, 1.54) is 40.8 Å². The lowest BCUT2D eigenvalue weighted by atomic mass is 9.58. The monoisotopic (exact) mass is 439 g/mol. The Morgan fingerprint density at radius 3 is 2.55 bits per heavy atom. The molecule has 0 spiro atoms. The maximum Gasteiger partial charge on any atom is 0.118 e. The fourth-order valence-corrected chi connectivity index (χ4v) is 5.70. The van der Waals surface area contributed by atoms with Crippen molar-refractivity contribution in [2.24, 2.45) is 5.92 Å². The molecule has 0 saturated carbocycles. The molecule has 0 aromatic heterocycles. The molecule has 0 aliphatic heterocycles. The molecule has 0 bridgehead atoms. The highest BCUT2D eigenvalue weighted by atomic mass is 16.5. The molecule has 2 atom stereocenters. The Bertz CT molecular complexity index is 1120. The Kier molecular flexibility index (Phi) is 6.24. The molecule has 3 aromatic carbocycles. The summed E-state index contributed by atoms with van der Waals surface area (Å²) in [5, 5.41) is 3.56. The molecular formula is C30H33NO2. The first-order valence-corrected chi connectivity index (χ1v) is 12.0. The Morgan fingerprint density at radius 1 is 0.939 bits per heavy atom. The van der Waals surface area contributed by atoms with Gasteiger partial charge in [0.15, 0.2) is 0 Å². The molecule has 0 saturated heterocycles. The molecule has 170 valence electrons. The maximum absolute atomic E-state index is 6.18. The Balaban J connectivity index is 1.27. The van der Waals surface area contributed by atoms with E-state index in [-0.39, 0.29) is 5.41 Å². The highest BCUT2D eigenvalue weighted by Gasteiger charge is 2.43. The number of aryl methyl sites for hydroxylation is 1. The maximum atomic E-state index is 6.18. The third-order valence-corrected chi connectivity index (χ3v) is 7.47. The van der Waals surface area contributed by atoms with Crippen molar-refractivity contribution < 1.29 is 9.47 Å². The number of hydrogen-bond donors (Lipinski definition) is 1. The fourth-order valence-electron chi connectivity index (χ4n) is 5.70. The van der Waals surface area contributed by atoms with Crippen molar-refractivity contribution in [1.82, 2.24) is 0 Å². The first kappa shape index (κ1) is 21.8. The SMILES string of the molecule is COc1ccc(COCC2=CCC[C@]3(C)c4ccc(Nc5ccccc5)cc4CC[C@@H]23)cc1. The van der Waals surface area contributed by atoms with Gasteiger partial charge >= 0.3 is 0 Å². The van der Waals surface area contributed by atoms with Gasteiger partial charge in [-0.2, -0.15) is 0 Å². The summed E-state index contributed by atoms with van der Waals surface area (Å²) in [6, 6.07) is 25.5. The molecule has 0 heterocycles. The standard InChI is InChI=1S/C30H33NO2/c1-30-18-6-7-24(21-33-20-22-10-14-27(32-2)15-11-22)29(30)16-12-23-19-26(13-17-28(23)30)31-25-8-4-3-5-9-25/h3-5,7-11,13-15,17,19,29,31H,6,12,16,18,20-21H2,1-2H3/t29-,30+/m0/s1. The molecule has 2 aliphatic carbocycles. The van der Waals surface area contributed by atoms with Gasteiger partial charge in [-0.1, -0.05) is 49.4 Å². The summed E-state index contributed by atoms with van der Waals surface area (Å²) < 4.78 is 11.4. The van der Waals surface area contributed by atoms with E-state index in [1.54, 1.807) is 7.11 Å². The lowest BCUT2D eigenvalue weighted by Gasteiger charge is -2.47.